The van der Waals surface area contributed by atoms with Crippen LogP contribution in [0.2, 0.25) is 5.02 Å². The molecule has 1 aromatic rings. The molecule has 0 radical (unpaired) electrons. The van der Waals surface area contributed by atoms with Crippen molar-refractivity contribution in [2.24, 2.45) is 0 Å². The highest BCUT2D eigenvalue weighted by molar-refractivity contribution is 6.32. The first-order chi connectivity index (χ1) is 5.65. The zero-order chi connectivity index (χ0) is 9.14. The summed E-state index contributed by atoms with van der Waals surface area (Å²) in [7, 11) is 0. The Hall–Kier alpha value is -0.760. The maximum absolute atomic E-state index is 12.9. The molecule has 0 unspecified atom stereocenters. The third-order valence-corrected chi connectivity index (χ3v) is 1.81. The Morgan fingerprint density at radius 3 is 2.75 bits per heavy atom. The summed E-state index contributed by atoms with van der Waals surface area (Å²) in [6.45, 7) is 4.06. The molecule has 0 fully saturated rings. The summed E-state index contributed by atoms with van der Waals surface area (Å²) in [5.41, 5.74) is 0.544. The summed E-state index contributed by atoms with van der Waals surface area (Å²) in [6, 6.07) is 2.86. The van der Waals surface area contributed by atoms with Crippen molar-refractivity contribution in [2.45, 2.75) is 13.8 Å². The predicted octanol–water partition coefficient (Wildman–Crippen LogP) is 3.19. The maximum Gasteiger partial charge on any atom is 0.138 e. The second-order valence-corrected chi connectivity index (χ2v) is 2.87. The van der Waals surface area contributed by atoms with Gasteiger partial charge in [0.05, 0.1) is 11.6 Å². The summed E-state index contributed by atoms with van der Waals surface area (Å²) < 4.78 is 18.0. The van der Waals surface area contributed by atoms with Crippen molar-refractivity contribution in [1.29, 1.82) is 0 Å². The molecule has 0 aliphatic heterocycles. The third-order valence-electron chi connectivity index (χ3n) is 1.51. The van der Waals surface area contributed by atoms with Crippen LogP contribution in [0, 0.1) is 12.7 Å². The molecule has 0 aromatic heterocycles. The Labute approximate surface area is 76.1 Å². The number of aryl methyl sites for hydroxylation is 1. The van der Waals surface area contributed by atoms with Crippen LogP contribution in [0.4, 0.5) is 4.39 Å². The van der Waals surface area contributed by atoms with Gasteiger partial charge in [0, 0.05) is 0 Å². The van der Waals surface area contributed by atoms with Crippen LogP contribution in [0.5, 0.6) is 5.75 Å². The number of halogens is 2. The van der Waals surface area contributed by atoms with E-state index in [2.05, 4.69) is 0 Å². The van der Waals surface area contributed by atoms with Crippen LogP contribution in [0.1, 0.15) is 12.5 Å². The van der Waals surface area contributed by atoms with E-state index in [0.29, 0.717) is 22.9 Å². The van der Waals surface area contributed by atoms with Gasteiger partial charge in [-0.15, -0.1) is 0 Å². The second kappa shape index (κ2) is 3.76. The Morgan fingerprint density at radius 1 is 1.50 bits per heavy atom. The Kier molecular flexibility index (Phi) is 2.93. The molecule has 1 nitrogen and oxygen atoms in total. The van der Waals surface area contributed by atoms with E-state index >= 15 is 0 Å². The SMILES string of the molecule is CCOc1cc(C)c(F)cc1Cl. The number of hydrogen-bond donors (Lipinski definition) is 0. The Balaban J connectivity index is 3.05. The molecule has 12 heavy (non-hydrogen) atoms. The fourth-order valence-corrected chi connectivity index (χ4v) is 1.10. The molecule has 0 saturated heterocycles. The van der Waals surface area contributed by atoms with Crippen LogP contribution >= 0.6 is 11.6 Å². The zero-order valence-corrected chi connectivity index (χ0v) is 7.78. The van der Waals surface area contributed by atoms with Crippen molar-refractivity contribution in [2.75, 3.05) is 6.61 Å². The van der Waals surface area contributed by atoms with Crippen LogP contribution in [0.25, 0.3) is 0 Å². The molecular weight excluding hydrogens is 179 g/mol. The molecular formula is C9H10ClFO. The molecule has 3 heteroatoms. The minimum absolute atomic E-state index is 0.302. The fourth-order valence-electron chi connectivity index (χ4n) is 0.897. The molecule has 0 N–H and O–H groups in total. The second-order valence-electron chi connectivity index (χ2n) is 2.46. The largest absolute Gasteiger partial charge is 0.492 e. The highest BCUT2D eigenvalue weighted by atomic mass is 35.5. The molecule has 0 amide bonds. The minimum Gasteiger partial charge on any atom is -0.492 e. The van der Waals surface area contributed by atoms with E-state index in [1.807, 2.05) is 6.92 Å². The van der Waals surface area contributed by atoms with Crippen LogP contribution in [0.3, 0.4) is 0 Å². The van der Waals surface area contributed by atoms with Gasteiger partial charge in [-0.25, -0.2) is 4.39 Å². The summed E-state index contributed by atoms with van der Waals surface area (Å²) in [4.78, 5) is 0. The smallest absolute Gasteiger partial charge is 0.138 e. The van der Waals surface area contributed by atoms with E-state index in [9.17, 15) is 4.39 Å². The quantitative estimate of drug-likeness (QED) is 0.693. The van der Waals surface area contributed by atoms with E-state index in [1.165, 1.54) is 6.07 Å². The van der Waals surface area contributed by atoms with E-state index in [4.69, 9.17) is 16.3 Å². The van der Waals surface area contributed by atoms with Gasteiger partial charge in [-0.2, -0.15) is 0 Å². The lowest BCUT2D eigenvalue weighted by Gasteiger charge is -2.06. The molecule has 1 aromatic carbocycles. The van der Waals surface area contributed by atoms with E-state index in [1.54, 1.807) is 13.0 Å². The maximum atomic E-state index is 12.9. The highest BCUT2D eigenvalue weighted by Crippen LogP contribution is 2.27. The molecule has 1 rings (SSSR count). The zero-order valence-electron chi connectivity index (χ0n) is 7.03. The molecule has 0 saturated carbocycles. The van der Waals surface area contributed by atoms with Gasteiger partial charge in [-0.05, 0) is 31.5 Å². The first-order valence-corrected chi connectivity index (χ1v) is 4.11. The van der Waals surface area contributed by atoms with Crippen molar-refractivity contribution < 1.29 is 9.13 Å². The van der Waals surface area contributed by atoms with Crippen LogP contribution < -0.4 is 4.74 Å². The molecule has 0 heterocycles. The van der Waals surface area contributed by atoms with Gasteiger partial charge in [0.2, 0.25) is 0 Å². The number of rotatable bonds is 2. The van der Waals surface area contributed by atoms with Crippen LogP contribution in [0.15, 0.2) is 12.1 Å². The summed E-state index contributed by atoms with van der Waals surface area (Å²) in [5.74, 6) is 0.238. The third kappa shape index (κ3) is 1.89. The molecule has 0 spiro atoms. The standard InChI is InChI=1S/C9H10ClFO/c1-3-12-9-4-6(2)8(11)5-7(9)10/h4-5H,3H2,1-2H3. The highest BCUT2D eigenvalue weighted by Gasteiger charge is 2.05. The Morgan fingerprint density at radius 2 is 2.17 bits per heavy atom. The lowest BCUT2D eigenvalue weighted by Crippen LogP contribution is -1.94. The predicted molar refractivity (Wildman–Crippen MR) is 47.3 cm³/mol. The lowest BCUT2D eigenvalue weighted by atomic mass is 10.2. The van der Waals surface area contributed by atoms with Gasteiger partial charge in [-0.3, -0.25) is 0 Å². The van der Waals surface area contributed by atoms with Gasteiger partial charge in [0.15, 0.2) is 0 Å². The van der Waals surface area contributed by atoms with Gasteiger partial charge in [0.25, 0.3) is 0 Å². The van der Waals surface area contributed by atoms with Crippen molar-refractivity contribution in [3.8, 4) is 5.75 Å². The minimum atomic E-state index is -0.302. The van der Waals surface area contributed by atoms with Crippen LogP contribution in [-0.4, -0.2) is 6.61 Å². The molecule has 0 bridgehead atoms. The fraction of sp³-hybridized carbons (Fsp3) is 0.333. The topological polar surface area (TPSA) is 9.23 Å². The monoisotopic (exact) mass is 188 g/mol. The van der Waals surface area contributed by atoms with Gasteiger partial charge in [0.1, 0.15) is 11.6 Å². The summed E-state index contributed by atoms with van der Waals surface area (Å²) >= 11 is 5.72. The van der Waals surface area contributed by atoms with Crippen molar-refractivity contribution in [3.63, 3.8) is 0 Å². The normalized spacial score (nSPS) is 10.0. The first kappa shape index (κ1) is 9.33. The Bertz CT molecular complexity index is 286. The molecule has 0 aliphatic rings. The molecule has 0 atom stereocenters. The van der Waals surface area contributed by atoms with Gasteiger partial charge >= 0.3 is 0 Å². The molecule has 66 valence electrons. The lowest BCUT2D eigenvalue weighted by molar-refractivity contribution is 0.339. The summed E-state index contributed by atoms with van der Waals surface area (Å²) in [6.07, 6.45) is 0. The van der Waals surface area contributed by atoms with Crippen LogP contribution in [-0.2, 0) is 0 Å². The van der Waals surface area contributed by atoms with Crippen molar-refractivity contribution in [3.05, 3.63) is 28.5 Å². The number of benzene rings is 1. The van der Waals surface area contributed by atoms with Crippen molar-refractivity contribution >= 4 is 11.6 Å². The van der Waals surface area contributed by atoms with E-state index in [0.717, 1.165) is 0 Å². The first-order valence-electron chi connectivity index (χ1n) is 3.73. The average molecular weight is 189 g/mol. The average Bonchev–Trinajstić information content (AvgIpc) is 2.01. The van der Waals surface area contributed by atoms with Gasteiger partial charge < -0.3 is 4.74 Å². The van der Waals surface area contributed by atoms with E-state index in [-0.39, 0.29) is 5.82 Å². The number of ether oxygens (including phenoxy) is 1. The van der Waals surface area contributed by atoms with Crippen molar-refractivity contribution in [1.82, 2.24) is 0 Å². The number of hydrogen-bond acceptors (Lipinski definition) is 1. The summed E-state index contributed by atoms with van der Waals surface area (Å²) in [5, 5.41) is 0.319. The van der Waals surface area contributed by atoms with Gasteiger partial charge in [-0.1, -0.05) is 11.6 Å². The molecule has 0 aliphatic carbocycles. The van der Waals surface area contributed by atoms with E-state index < -0.39 is 0 Å².